The Bertz CT molecular complexity index is 1270. The van der Waals surface area contributed by atoms with Gasteiger partial charge >= 0.3 is 18.7 Å². The van der Waals surface area contributed by atoms with Crippen LogP contribution in [-0.4, -0.2) is 34.1 Å². The molecule has 1 heterocycles. The number of para-hydroxylation sites is 2. The lowest BCUT2D eigenvalue weighted by Crippen LogP contribution is -2.33. The molecule has 7 nitrogen and oxygen atoms in total. The molecule has 0 fully saturated rings. The van der Waals surface area contributed by atoms with E-state index in [0.717, 1.165) is 41.2 Å². The fourth-order valence-electron chi connectivity index (χ4n) is 3.16. The lowest BCUT2D eigenvalue weighted by molar-refractivity contribution is -0.252. The summed E-state index contributed by atoms with van der Waals surface area (Å²) in [6, 6.07) is 7.62. The van der Waals surface area contributed by atoms with Gasteiger partial charge in [-0.2, -0.15) is 35.8 Å². The topological polar surface area (TPSA) is 99.2 Å². The van der Waals surface area contributed by atoms with Crippen molar-refractivity contribution >= 4 is 17.5 Å². The van der Waals surface area contributed by atoms with Crippen LogP contribution in [0.5, 0.6) is 5.75 Å². The molecule has 0 aliphatic rings. The number of anilines is 1. The minimum Gasteiger partial charge on any atom is -0.426 e. The highest BCUT2D eigenvalue weighted by molar-refractivity contribution is 6.16. The highest BCUT2D eigenvalue weighted by Crippen LogP contribution is 2.39. The van der Waals surface area contributed by atoms with E-state index in [4.69, 9.17) is 5.73 Å². The molecule has 35 heavy (non-hydrogen) atoms. The van der Waals surface area contributed by atoms with Crippen LogP contribution in [0.25, 0.3) is 11.1 Å². The zero-order valence-electron chi connectivity index (χ0n) is 17.5. The van der Waals surface area contributed by atoms with Crippen LogP contribution in [0.15, 0.2) is 48.7 Å². The Hall–Kier alpha value is -4.10. The summed E-state index contributed by atoms with van der Waals surface area (Å²) in [6.07, 6.45) is -13.1. The Kier molecular flexibility index (Phi) is 6.76. The molecular weight excluding hydrogens is 489 g/mol. The van der Waals surface area contributed by atoms with Crippen molar-refractivity contribution in [3.63, 3.8) is 0 Å². The van der Waals surface area contributed by atoms with Crippen molar-refractivity contribution in [3.05, 3.63) is 65.5 Å². The molecule has 0 saturated heterocycles. The second-order valence-corrected chi connectivity index (χ2v) is 7.07. The van der Waals surface area contributed by atoms with Gasteiger partial charge in [-0.05, 0) is 23.8 Å². The Morgan fingerprint density at radius 3 is 2.29 bits per heavy atom. The summed E-state index contributed by atoms with van der Waals surface area (Å²) in [6.45, 7) is 0. The molecule has 3 N–H and O–H groups in total. The minimum absolute atomic E-state index is 0.393. The first-order chi connectivity index (χ1) is 16.2. The van der Waals surface area contributed by atoms with Crippen molar-refractivity contribution in [3.8, 4) is 16.9 Å². The van der Waals surface area contributed by atoms with Gasteiger partial charge in [-0.25, -0.2) is 0 Å². The number of carbonyl (C=O) groups is 2. The number of amides is 2. The maximum Gasteiger partial charge on any atom is 0.461 e. The Balaban J connectivity index is 2.13. The van der Waals surface area contributed by atoms with Crippen LogP contribution in [0.1, 0.15) is 26.4 Å². The fraction of sp³-hybridized carbons (Fsp3) is 0.190. The van der Waals surface area contributed by atoms with Crippen molar-refractivity contribution in [2.75, 3.05) is 5.32 Å². The quantitative estimate of drug-likeness (QED) is 0.456. The Morgan fingerprint density at radius 1 is 1.03 bits per heavy atom. The predicted molar refractivity (Wildman–Crippen MR) is 108 cm³/mol. The van der Waals surface area contributed by atoms with Crippen molar-refractivity contribution in [2.45, 2.75) is 18.7 Å². The molecule has 0 spiro atoms. The largest absolute Gasteiger partial charge is 0.461 e. The number of hydrogen-bond donors (Lipinski definition) is 2. The maximum absolute atomic E-state index is 13.5. The number of carbonyl (C=O) groups excluding carboxylic acids is 2. The smallest absolute Gasteiger partial charge is 0.426 e. The van der Waals surface area contributed by atoms with Crippen molar-refractivity contribution < 1.29 is 45.1 Å². The molecular formula is C21H15F7N4O3. The summed E-state index contributed by atoms with van der Waals surface area (Å²) in [5.41, 5.74) is 1.33. The number of hydrogen-bond acceptors (Lipinski definition) is 4. The van der Waals surface area contributed by atoms with Gasteiger partial charge in [0.05, 0.1) is 16.8 Å². The zero-order valence-corrected chi connectivity index (χ0v) is 17.5. The average Bonchev–Trinajstić information content (AvgIpc) is 3.16. The standard InChI is InChI=1S/C21H15F7N4O3/c1-32-9-12(16(31-32)20(24,25)26)10-5-4-6-11(17(29)33)15(10)18(34)30-13-7-2-3-8-14(13)35-21(27,28)19(22)23/h2-9,19H,1H3,(H2,29,33)(H,30,34). The summed E-state index contributed by atoms with van der Waals surface area (Å²) in [7, 11) is 1.20. The van der Waals surface area contributed by atoms with E-state index in [-0.39, 0.29) is 0 Å². The molecule has 0 radical (unpaired) electrons. The Labute approximate surface area is 192 Å². The molecule has 3 aromatic rings. The molecule has 1 aromatic heterocycles. The summed E-state index contributed by atoms with van der Waals surface area (Å²) in [5, 5.41) is 5.46. The molecule has 0 atom stereocenters. The Morgan fingerprint density at radius 2 is 1.69 bits per heavy atom. The van der Waals surface area contributed by atoms with E-state index in [1.807, 2.05) is 0 Å². The number of benzene rings is 2. The number of alkyl halides is 7. The molecule has 0 bridgehead atoms. The van der Waals surface area contributed by atoms with Crippen LogP contribution in [-0.2, 0) is 13.2 Å². The first-order valence-corrected chi connectivity index (χ1v) is 9.51. The van der Waals surface area contributed by atoms with E-state index in [0.29, 0.717) is 0 Å². The van der Waals surface area contributed by atoms with E-state index in [2.05, 4.69) is 15.2 Å². The van der Waals surface area contributed by atoms with E-state index < -0.39 is 69.9 Å². The molecule has 14 heteroatoms. The monoisotopic (exact) mass is 504 g/mol. The third-order valence-corrected chi connectivity index (χ3v) is 4.58. The van der Waals surface area contributed by atoms with Gasteiger partial charge in [-0.15, -0.1) is 0 Å². The van der Waals surface area contributed by atoms with Gasteiger partial charge in [0.15, 0.2) is 5.69 Å². The SMILES string of the molecule is Cn1cc(-c2cccc(C(N)=O)c2C(=O)Nc2ccccc2OC(F)(F)C(F)F)c(C(F)(F)F)n1. The second-order valence-electron chi connectivity index (χ2n) is 7.07. The number of aryl methyl sites for hydroxylation is 1. The number of nitrogens with one attached hydrogen (secondary N) is 1. The molecule has 0 aliphatic heterocycles. The summed E-state index contributed by atoms with van der Waals surface area (Å²) < 4.78 is 97.5. The molecule has 0 saturated carbocycles. The molecule has 2 aromatic carbocycles. The van der Waals surface area contributed by atoms with Crippen molar-refractivity contribution in [2.24, 2.45) is 12.8 Å². The number of rotatable bonds is 7. The molecule has 2 amide bonds. The molecule has 0 aliphatic carbocycles. The second kappa shape index (κ2) is 9.27. The van der Waals surface area contributed by atoms with Gasteiger partial charge in [-0.1, -0.05) is 24.3 Å². The first kappa shape index (κ1) is 25.5. The van der Waals surface area contributed by atoms with E-state index in [1.165, 1.54) is 19.2 Å². The number of nitrogens with two attached hydrogens (primary N) is 1. The van der Waals surface area contributed by atoms with Crippen LogP contribution in [0.3, 0.4) is 0 Å². The van der Waals surface area contributed by atoms with E-state index in [1.54, 1.807) is 0 Å². The number of aromatic nitrogens is 2. The summed E-state index contributed by atoms with van der Waals surface area (Å²) >= 11 is 0. The molecule has 0 unspecified atom stereocenters. The minimum atomic E-state index is -4.94. The highest BCUT2D eigenvalue weighted by atomic mass is 19.4. The third kappa shape index (κ3) is 5.36. The first-order valence-electron chi connectivity index (χ1n) is 9.51. The average molecular weight is 504 g/mol. The van der Waals surface area contributed by atoms with Gasteiger partial charge in [0.1, 0.15) is 5.75 Å². The number of primary amides is 1. The van der Waals surface area contributed by atoms with Gasteiger partial charge in [-0.3, -0.25) is 14.3 Å². The van der Waals surface area contributed by atoms with Crippen LogP contribution in [0, 0.1) is 0 Å². The number of ether oxygens (including phenoxy) is 1. The lowest BCUT2D eigenvalue weighted by atomic mass is 9.94. The van der Waals surface area contributed by atoms with Crippen LogP contribution in [0.2, 0.25) is 0 Å². The van der Waals surface area contributed by atoms with Gasteiger partial charge in [0.25, 0.3) is 5.91 Å². The number of halogens is 7. The summed E-state index contributed by atoms with van der Waals surface area (Å²) in [4.78, 5) is 25.1. The third-order valence-electron chi connectivity index (χ3n) is 4.58. The lowest BCUT2D eigenvalue weighted by Gasteiger charge is -2.20. The van der Waals surface area contributed by atoms with Crippen LogP contribution < -0.4 is 15.8 Å². The van der Waals surface area contributed by atoms with Crippen LogP contribution in [0.4, 0.5) is 36.4 Å². The zero-order chi connectivity index (χ0) is 26.1. The predicted octanol–water partition coefficient (Wildman–Crippen LogP) is 4.69. The van der Waals surface area contributed by atoms with Crippen molar-refractivity contribution in [1.29, 1.82) is 0 Å². The van der Waals surface area contributed by atoms with Gasteiger partial charge < -0.3 is 15.8 Å². The van der Waals surface area contributed by atoms with Gasteiger partial charge in [0.2, 0.25) is 5.91 Å². The van der Waals surface area contributed by atoms with E-state index >= 15 is 0 Å². The molecule has 3 rings (SSSR count). The van der Waals surface area contributed by atoms with Gasteiger partial charge in [0, 0.05) is 18.8 Å². The van der Waals surface area contributed by atoms with Crippen LogP contribution >= 0.6 is 0 Å². The molecule has 186 valence electrons. The van der Waals surface area contributed by atoms with Crippen molar-refractivity contribution in [1.82, 2.24) is 9.78 Å². The fourth-order valence-corrected chi connectivity index (χ4v) is 3.16. The number of nitrogens with zero attached hydrogens (tertiary/aromatic N) is 2. The van der Waals surface area contributed by atoms with E-state index in [9.17, 15) is 40.3 Å². The normalized spacial score (nSPS) is 12.0. The highest BCUT2D eigenvalue weighted by Gasteiger charge is 2.44. The maximum atomic E-state index is 13.5. The summed E-state index contributed by atoms with van der Waals surface area (Å²) in [5.74, 6) is -3.28.